The Balaban J connectivity index is 1.59. The Morgan fingerprint density at radius 2 is 2.05 bits per heavy atom. The van der Waals surface area contributed by atoms with Crippen LogP contribution in [0.15, 0.2) is 24.3 Å². The van der Waals surface area contributed by atoms with Gasteiger partial charge in [-0.2, -0.15) is 0 Å². The molecule has 1 aromatic carbocycles. The van der Waals surface area contributed by atoms with Gasteiger partial charge in [-0.15, -0.1) is 0 Å². The molecule has 2 atom stereocenters. The minimum absolute atomic E-state index is 0.459. The van der Waals surface area contributed by atoms with E-state index in [9.17, 15) is 0 Å². The van der Waals surface area contributed by atoms with Gasteiger partial charge in [0.15, 0.2) is 0 Å². The first kappa shape index (κ1) is 14.2. The SMILES string of the molecule is CC1CCCCC1OCCCOc1cccc(N)c1. The van der Waals surface area contributed by atoms with Crippen LogP contribution in [-0.4, -0.2) is 19.3 Å². The zero-order chi connectivity index (χ0) is 13.5. The molecule has 1 aromatic rings. The number of ether oxygens (including phenoxy) is 2. The lowest BCUT2D eigenvalue weighted by molar-refractivity contribution is -0.00912. The third-order valence-corrected chi connectivity index (χ3v) is 3.78. The third kappa shape index (κ3) is 4.75. The molecule has 0 spiro atoms. The molecule has 0 aliphatic heterocycles. The summed E-state index contributed by atoms with van der Waals surface area (Å²) in [7, 11) is 0. The second-order valence-electron chi connectivity index (χ2n) is 5.45. The summed E-state index contributed by atoms with van der Waals surface area (Å²) in [6, 6.07) is 7.55. The van der Waals surface area contributed by atoms with E-state index in [1.54, 1.807) is 0 Å². The quantitative estimate of drug-likeness (QED) is 0.629. The Morgan fingerprint density at radius 3 is 2.84 bits per heavy atom. The summed E-state index contributed by atoms with van der Waals surface area (Å²) in [4.78, 5) is 0. The van der Waals surface area contributed by atoms with Crippen molar-refractivity contribution in [3.8, 4) is 5.75 Å². The predicted molar refractivity (Wildman–Crippen MR) is 78.3 cm³/mol. The molecule has 0 bridgehead atoms. The Kier molecular flexibility index (Phi) is 5.52. The molecular weight excluding hydrogens is 238 g/mol. The molecule has 1 aliphatic carbocycles. The largest absolute Gasteiger partial charge is 0.493 e. The van der Waals surface area contributed by atoms with Crippen LogP contribution in [0.25, 0.3) is 0 Å². The highest BCUT2D eigenvalue weighted by Crippen LogP contribution is 2.26. The zero-order valence-electron chi connectivity index (χ0n) is 11.8. The van der Waals surface area contributed by atoms with Gasteiger partial charge in [0.25, 0.3) is 0 Å². The summed E-state index contributed by atoms with van der Waals surface area (Å²) in [5, 5.41) is 0. The molecule has 2 N–H and O–H groups in total. The van der Waals surface area contributed by atoms with E-state index in [-0.39, 0.29) is 0 Å². The van der Waals surface area contributed by atoms with E-state index in [2.05, 4.69) is 6.92 Å². The van der Waals surface area contributed by atoms with E-state index >= 15 is 0 Å². The monoisotopic (exact) mass is 263 g/mol. The summed E-state index contributed by atoms with van der Waals surface area (Å²) in [6.07, 6.45) is 6.59. The highest BCUT2D eigenvalue weighted by Gasteiger charge is 2.21. The fourth-order valence-electron chi connectivity index (χ4n) is 2.62. The van der Waals surface area contributed by atoms with E-state index in [1.165, 1.54) is 25.7 Å². The van der Waals surface area contributed by atoms with Crippen molar-refractivity contribution in [2.24, 2.45) is 5.92 Å². The first-order chi connectivity index (χ1) is 9.25. The minimum atomic E-state index is 0.459. The molecule has 106 valence electrons. The minimum Gasteiger partial charge on any atom is -0.493 e. The number of hydrogen-bond donors (Lipinski definition) is 1. The molecule has 1 aliphatic rings. The molecular formula is C16H25NO2. The van der Waals surface area contributed by atoms with Gasteiger partial charge in [0, 0.05) is 18.2 Å². The number of nitrogen functional groups attached to an aromatic ring is 1. The van der Waals surface area contributed by atoms with Crippen LogP contribution in [0.4, 0.5) is 5.69 Å². The molecule has 1 saturated carbocycles. The van der Waals surface area contributed by atoms with Crippen LogP contribution in [0.2, 0.25) is 0 Å². The van der Waals surface area contributed by atoms with Crippen molar-refractivity contribution < 1.29 is 9.47 Å². The molecule has 2 rings (SSSR count). The zero-order valence-corrected chi connectivity index (χ0v) is 11.8. The second-order valence-corrected chi connectivity index (χ2v) is 5.45. The van der Waals surface area contributed by atoms with Gasteiger partial charge in [-0.1, -0.05) is 25.8 Å². The maximum absolute atomic E-state index is 5.95. The maximum Gasteiger partial charge on any atom is 0.121 e. The van der Waals surface area contributed by atoms with E-state index in [1.807, 2.05) is 24.3 Å². The first-order valence-electron chi connectivity index (χ1n) is 7.35. The lowest BCUT2D eigenvalue weighted by Crippen LogP contribution is -2.26. The smallest absolute Gasteiger partial charge is 0.121 e. The predicted octanol–water partition coefficient (Wildman–Crippen LogP) is 3.63. The Morgan fingerprint density at radius 1 is 1.21 bits per heavy atom. The molecule has 3 nitrogen and oxygen atoms in total. The van der Waals surface area contributed by atoms with E-state index in [0.717, 1.165) is 24.5 Å². The van der Waals surface area contributed by atoms with Crippen molar-refractivity contribution in [3.63, 3.8) is 0 Å². The number of rotatable bonds is 6. The van der Waals surface area contributed by atoms with Crippen LogP contribution in [0.1, 0.15) is 39.0 Å². The van der Waals surface area contributed by atoms with Gasteiger partial charge in [0.1, 0.15) is 5.75 Å². The van der Waals surface area contributed by atoms with Crippen LogP contribution in [0.3, 0.4) is 0 Å². The van der Waals surface area contributed by atoms with Crippen molar-refractivity contribution in [2.75, 3.05) is 18.9 Å². The van der Waals surface area contributed by atoms with Crippen LogP contribution in [0.5, 0.6) is 5.75 Å². The molecule has 2 unspecified atom stereocenters. The molecule has 0 aromatic heterocycles. The van der Waals surface area contributed by atoms with Gasteiger partial charge >= 0.3 is 0 Å². The van der Waals surface area contributed by atoms with E-state index in [4.69, 9.17) is 15.2 Å². The fraction of sp³-hybridized carbons (Fsp3) is 0.625. The van der Waals surface area contributed by atoms with Crippen molar-refractivity contribution >= 4 is 5.69 Å². The molecule has 3 heteroatoms. The summed E-state index contributed by atoms with van der Waals surface area (Å²) in [6.45, 7) is 3.77. The Hall–Kier alpha value is -1.22. The average Bonchev–Trinajstić information content (AvgIpc) is 2.40. The summed E-state index contributed by atoms with van der Waals surface area (Å²) in [5.41, 5.74) is 6.44. The van der Waals surface area contributed by atoms with Crippen molar-refractivity contribution in [1.29, 1.82) is 0 Å². The summed E-state index contributed by atoms with van der Waals surface area (Å²) in [5.74, 6) is 1.55. The average molecular weight is 263 g/mol. The number of anilines is 1. The number of hydrogen-bond acceptors (Lipinski definition) is 3. The molecule has 0 saturated heterocycles. The van der Waals surface area contributed by atoms with Gasteiger partial charge in [-0.25, -0.2) is 0 Å². The van der Waals surface area contributed by atoms with Crippen LogP contribution < -0.4 is 10.5 Å². The van der Waals surface area contributed by atoms with Crippen molar-refractivity contribution in [3.05, 3.63) is 24.3 Å². The second kappa shape index (κ2) is 7.39. The van der Waals surface area contributed by atoms with Crippen LogP contribution in [-0.2, 0) is 4.74 Å². The molecule has 1 fully saturated rings. The van der Waals surface area contributed by atoms with Gasteiger partial charge in [-0.3, -0.25) is 0 Å². The van der Waals surface area contributed by atoms with E-state index < -0.39 is 0 Å². The number of benzene rings is 1. The lowest BCUT2D eigenvalue weighted by Gasteiger charge is -2.28. The number of nitrogens with two attached hydrogens (primary N) is 1. The van der Waals surface area contributed by atoms with Crippen LogP contribution >= 0.6 is 0 Å². The van der Waals surface area contributed by atoms with Crippen molar-refractivity contribution in [2.45, 2.75) is 45.1 Å². The van der Waals surface area contributed by atoms with Gasteiger partial charge < -0.3 is 15.2 Å². The fourth-order valence-corrected chi connectivity index (χ4v) is 2.62. The lowest BCUT2D eigenvalue weighted by atomic mass is 9.88. The molecule has 0 heterocycles. The third-order valence-electron chi connectivity index (χ3n) is 3.78. The van der Waals surface area contributed by atoms with E-state index in [0.29, 0.717) is 18.6 Å². The van der Waals surface area contributed by atoms with Gasteiger partial charge in [0.05, 0.1) is 19.3 Å². The molecule has 19 heavy (non-hydrogen) atoms. The van der Waals surface area contributed by atoms with Gasteiger partial charge in [-0.05, 0) is 30.9 Å². The molecule has 0 radical (unpaired) electrons. The summed E-state index contributed by atoms with van der Waals surface area (Å²) < 4.78 is 11.6. The Bertz CT molecular complexity index is 381. The highest BCUT2D eigenvalue weighted by atomic mass is 16.5. The van der Waals surface area contributed by atoms with Gasteiger partial charge in [0.2, 0.25) is 0 Å². The highest BCUT2D eigenvalue weighted by molar-refractivity contribution is 5.43. The van der Waals surface area contributed by atoms with Crippen LogP contribution in [0, 0.1) is 5.92 Å². The molecule has 0 amide bonds. The normalized spacial score (nSPS) is 23.2. The standard InChI is InChI=1S/C16H25NO2/c1-13-6-2-3-9-16(13)19-11-5-10-18-15-8-4-7-14(17)12-15/h4,7-8,12-13,16H,2-3,5-6,9-11,17H2,1H3. The first-order valence-corrected chi connectivity index (χ1v) is 7.35. The summed E-state index contributed by atoms with van der Waals surface area (Å²) >= 11 is 0. The topological polar surface area (TPSA) is 44.5 Å². The maximum atomic E-state index is 5.95. The Labute approximate surface area is 116 Å². The van der Waals surface area contributed by atoms with Crippen molar-refractivity contribution in [1.82, 2.24) is 0 Å².